The van der Waals surface area contributed by atoms with Gasteiger partial charge in [0, 0.05) is 24.8 Å². The Morgan fingerprint density at radius 3 is 2.08 bits per heavy atom. The number of aromatic hydroxyl groups is 2. The molecule has 4 aromatic rings. The van der Waals surface area contributed by atoms with Crippen LogP contribution in [0.2, 0.25) is 0 Å². The third-order valence-corrected chi connectivity index (χ3v) is 5.72. The summed E-state index contributed by atoms with van der Waals surface area (Å²) in [4.78, 5) is 24.1. The number of likely N-dealkylation sites (tertiary alicyclic amines) is 1. The molecule has 4 N–H and O–H groups in total. The molecule has 2 aromatic carbocycles. The monoisotopic (exact) mass is 502 g/mol. The van der Waals surface area contributed by atoms with E-state index in [-0.39, 0.29) is 11.5 Å². The van der Waals surface area contributed by atoms with E-state index in [0.29, 0.717) is 0 Å². The number of nitrogens with zero attached hydrogens (tertiary/aromatic N) is 6. The zero-order chi connectivity index (χ0) is 26.2. The van der Waals surface area contributed by atoms with Gasteiger partial charge in [-0.15, -0.1) is 20.2 Å². The molecule has 3 heterocycles. The van der Waals surface area contributed by atoms with Crippen molar-refractivity contribution in [3.8, 4) is 22.8 Å². The zero-order valence-electron chi connectivity index (χ0n) is 19.2. The van der Waals surface area contributed by atoms with Crippen LogP contribution in [0.3, 0.4) is 0 Å². The lowest BCUT2D eigenvalue weighted by Gasteiger charge is -2.26. The Kier molecular flexibility index (Phi) is 8.46. The van der Waals surface area contributed by atoms with Crippen molar-refractivity contribution in [2.45, 2.75) is 25.8 Å². The largest absolute Gasteiger partial charge is 0.504 e. The van der Waals surface area contributed by atoms with Crippen molar-refractivity contribution in [3.05, 3.63) is 68.9 Å². The molecule has 5 rings (SSSR count). The molecular formula is C22H26N6O8. The van der Waals surface area contributed by atoms with Crippen molar-refractivity contribution >= 4 is 16.8 Å². The number of hydrogen-bond acceptors (Lipinski definition) is 8. The summed E-state index contributed by atoms with van der Waals surface area (Å²) in [6, 6.07) is 13.2. The van der Waals surface area contributed by atoms with E-state index in [0.717, 1.165) is 35.6 Å². The van der Waals surface area contributed by atoms with Crippen molar-refractivity contribution in [1.29, 1.82) is 0 Å². The first-order valence-electron chi connectivity index (χ1n) is 11.0. The predicted octanol–water partition coefficient (Wildman–Crippen LogP) is 3.16. The van der Waals surface area contributed by atoms with Crippen LogP contribution in [0.4, 0.5) is 0 Å². The van der Waals surface area contributed by atoms with Crippen LogP contribution in [0, 0.1) is 20.2 Å². The molecule has 0 unspecified atom stereocenters. The molecule has 0 bridgehead atoms. The van der Waals surface area contributed by atoms with Gasteiger partial charge in [0.25, 0.3) is 10.2 Å². The number of aromatic nitrogens is 3. The van der Waals surface area contributed by atoms with Gasteiger partial charge in [-0.1, -0.05) is 18.6 Å². The van der Waals surface area contributed by atoms with Crippen LogP contribution in [0.5, 0.6) is 11.5 Å². The average Bonchev–Trinajstić information content (AvgIpc) is 3.37. The second-order valence-electron chi connectivity index (χ2n) is 8.02. The summed E-state index contributed by atoms with van der Waals surface area (Å²) >= 11 is 0. The molecule has 1 saturated heterocycles. The molecule has 0 atom stereocenters. The quantitative estimate of drug-likeness (QED) is 0.183. The minimum atomic E-state index is -1.50. The predicted molar refractivity (Wildman–Crippen MR) is 127 cm³/mol. The van der Waals surface area contributed by atoms with Gasteiger partial charge in [0.05, 0.1) is 16.7 Å². The summed E-state index contributed by atoms with van der Waals surface area (Å²) in [6.45, 7) is 4.29. The standard InChI is InChI=1S/C22H24N4O2.2HNO3/c27-20-9-8-16(14-21(20)28)17-15-26-19-7-3-2-6-18(19)25(22(26)23-17)13-12-24-10-4-1-5-11-24;2*2-1(3)4/h2-3,6-9,14-15,27-28H,1,4-5,10-13H2;2*(H,2,3,4). The molecule has 1 fully saturated rings. The maximum absolute atomic E-state index is 9.85. The Hall–Kier alpha value is -4.59. The summed E-state index contributed by atoms with van der Waals surface area (Å²) < 4.78 is 4.40. The van der Waals surface area contributed by atoms with Crippen LogP contribution < -0.4 is 0 Å². The number of fused-ring (bicyclic) bond motifs is 3. The fourth-order valence-electron chi connectivity index (χ4n) is 4.21. The second-order valence-corrected chi connectivity index (χ2v) is 8.02. The summed E-state index contributed by atoms with van der Waals surface area (Å²) in [6.07, 6.45) is 5.93. The Morgan fingerprint density at radius 2 is 1.47 bits per heavy atom. The topological polar surface area (TPSA) is 193 Å². The summed E-state index contributed by atoms with van der Waals surface area (Å²) in [7, 11) is 0. The number of phenolic OH excluding ortho intramolecular Hbond substituents is 2. The van der Waals surface area contributed by atoms with Gasteiger partial charge in [-0.2, -0.15) is 0 Å². The smallest absolute Gasteiger partial charge is 0.291 e. The van der Waals surface area contributed by atoms with Gasteiger partial charge in [-0.05, 0) is 56.3 Å². The van der Waals surface area contributed by atoms with E-state index < -0.39 is 10.2 Å². The highest BCUT2D eigenvalue weighted by atomic mass is 16.9. The molecule has 14 nitrogen and oxygen atoms in total. The van der Waals surface area contributed by atoms with E-state index in [9.17, 15) is 10.2 Å². The van der Waals surface area contributed by atoms with Crippen molar-refractivity contribution in [1.82, 2.24) is 18.9 Å². The first-order valence-corrected chi connectivity index (χ1v) is 11.0. The number of phenols is 2. The fourth-order valence-corrected chi connectivity index (χ4v) is 4.21. The molecule has 0 spiro atoms. The van der Waals surface area contributed by atoms with Crippen molar-refractivity contribution in [2.75, 3.05) is 19.6 Å². The van der Waals surface area contributed by atoms with E-state index >= 15 is 0 Å². The minimum Gasteiger partial charge on any atom is -0.504 e. The Bertz CT molecular complexity index is 1330. The summed E-state index contributed by atoms with van der Waals surface area (Å²) in [5, 5.41) is 46.7. The number of rotatable bonds is 4. The van der Waals surface area contributed by atoms with Gasteiger partial charge in [0.2, 0.25) is 5.78 Å². The van der Waals surface area contributed by atoms with Crippen LogP contribution in [-0.4, -0.2) is 69.3 Å². The van der Waals surface area contributed by atoms with Gasteiger partial charge < -0.3 is 30.1 Å². The van der Waals surface area contributed by atoms with Crippen LogP contribution in [0.25, 0.3) is 28.1 Å². The molecule has 0 aliphatic carbocycles. The summed E-state index contributed by atoms with van der Waals surface area (Å²) in [5.74, 6) is 0.651. The third kappa shape index (κ3) is 6.50. The maximum atomic E-state index is 9.85. The number of para-hydroxylation sites is 2. The number of hydrogen-bond donors (Lipinski definition) is 4. The van der Waals surface area contributed by atoms with Crippen molar-refractivity contribution in [3.63, 3.8) is 0 Å². The molecule has 0 amide bonds. The highest BCUT2D eigenvalue weighted by Gasteiger charge is 2.17. The zero-order valence-corrected chi connectivity index (χ0v) is 19.2. The Morgan fingerprint density at radius 1 is 0.861 bits per heavy atom. The molecular weight excluding hydrogens is 476 g/mol. The molecule has 0 saturated carbocycles. The van der Waals surface area contributed by atoms with E-state index in [1.165, 1.54) is 43.9 Å². The average molecular weight is 502 g/mol. The molecule has 2 aromatic heterocycles. The molecule has 0 radical (unpaired) electrons. The SMILES string of the molecule is O=[N+]([O-])O.O=[N+]([O-])O.Oc1ccc(-c2cn3c4ccccc4n(CCN4CCCCC4)c3n2)cc1O. The van der Waals surface area contributed by atoms with E-state index in [4.69, 9.17) is 35.6 Å². The van der Waals surface area contributed by atoms with Crippen LogP contribution in [0.1, 0.15) is 19.3 Å². The first kappa shape index (κ1) is 26.0. The van der Waals surface area contributed by atoms with E-state index in [1.54, 1.807) is 12.1 Å². The van der Waals surface area contributed by atoms with E-state index in [2.05, 4.69) is 32.1 Å². The molecule has 36 heavy (non-hydrogen) atoms. The van der Waals surface area contributed by atoms with Gasteiger partial charge >= 0.3 is 0 Å². The molecule has 1 aliphatic heterocycles. The van der Waals surface area contributed by atoms with Gasteiger partial charge in [-0.25, -0.2) is 4.98 Å². The first-order chi connectivity index (χ1) is 17.2. The molecule has 1 aliphatic rings. The lowest BCUT2D eigenvalue weighted by atomic mass is 10.1. The van der Waals surface area contributed by atoms with Crippen molar-refractivity contribution < 1.29 is 30.8 Å². The Balaban J connectivity index is 0.000000398. The van der Waals surface area contributed by atoms with Gasteiger partial charge in [0.1, 0.15) is 0 Å². The highest BCUT2D eigenvalue weighted by molar-refractivity contribution is 5.82. The number of benzene rings is 2. The maximum Gasteiger partial charge on any atom is 0.291 e. The van der Waals surface area contributed by atoms with Crippen LogP contribution in [0.15, 0.2) is 48.7 Å². The lowest BCUT2D eigenvalue weighted by molar-refractivity contribution is -0.742. The second kappa shape index (κ2) is 11.7. The fraction of sp³-hybridized carbons (Fsp3) is 0.318. The van der Waals surface area contributed by atoms with Gasteiger partial charge in [-0.3, -0.25) is 4.40 Å². The number of piperidine rings is 1. The summed E-state index contributed by atoms with van der Waals surface area (Å²) in [5.41, 5.74) is 3.87. The lowest BCUT2D eigenvalue weighted by Crippen LogP contribution is -2.32. The van der Waals surface area contributed by atoms with Crippen molar-refractivity contribution in [2.24, 2.45) is 0 Å². The Labute approximate surface area is 204 Å². The highest BCUT2D eigenvalue weighted by Crippen LogP contribution is 2.31. The van der Waals surface area contributed by atoms with Crippen LogP contribution >= 0.6 is 0 Å². The van der Waals surface area contributed by atoms with E-state index in [1.807, 2.05) is 12.3 Å². The number of imidazole rings is 2. The van der Waals surface area contributed by atoms with Gasteiger partial charge in [0.15, 0.2) is 11.5 Å². The minimum absolute atomic E-state index is 0.121. The molecule has 192 valence electrons. The molecule has 14 heteroatoms. The normalized spacial score (nSPS) is 13.4. The van der Waals surface area contributed by atoms with Crippen LogP contribution in [-0.2, 0) is 6.54 Å². The third-order valence-electron chi connectivity index (χ3n) is 5.72.